The van der Waals surface area contributed by atoms with Gasteiger partial charge in [0.15, 0.2) is 0 Å². The number of nitrogens with zero attached hydrogens (tertiary/aromatic N) is 2. The van der Waals surface area contributed by atoms with E-state index in [4.69, 9.17) is 9.68 Å². The first kappa shape index (κ1) is 21.8. The molecule has 4 nitrogen and oxygen atoms in total. The average Bonchev–Trinajstić information content (AvgIpc) is 2.67. The Bertz CT molecular complexity index is 851. The second kappa shape index (κ2) is 10.2. The number of halogens is 3. The molecule has 2 rings (SSSR count). The van der Waals surface area contributed by atoms with Gasteiger partial charge in [-0.3, -0.25) is 0 Å². The summed E-state index contributed by atoms with van der Waals surface area (Å²) in [5.41, 5.74) is 1.70. The Labute approximate surface area is 166 Å². The molecular formula is C20H21F3N2O2S. The molecule has 0 amide bonds. The van der Waals surface area contributed by atoms with E-state index in [1.54, 1.807) is 13.0 Å². The fourth-order valence-electron chi connectivity index (χ4n) is 2.40. The molecule has 0 unspecified atom stereocenters. The third-order valence-electron chi connectivity index (χ3n) is 3.73. The quantitative estimate of drug-likeness (QED) is 0.334. The van der Waals surface area contributed by atoms with Crippen LogP contribution in [0.2, 0.25) is 0 Å². The molecule has 0 fully saturated rings. The second-order valence-electron chi connectivity index (χ2n) is 5.70. The molecule has 2 aromatic carbocycles. The van der Waals surface area contributed by atoms with Gasteiger partial charge in [0.05, 0.1) is 11.3 Å². The first-order chi connectivity index (χ1) is 13.4. The minimum absolute atomic E-state index is 0.152. The predicted octanol–water partition coefficient (Wildman–Crippen LogP) is 5.71. The molecule has 0 N–H and O–H groups in total. The van der Waals surface area contributed by atoms with Crippen molar-refractivity contribution in [3.63, 3.8) is 0 Å². The summed E-state index contributed by atoms with van der Waals surface area (Å²) in [6.07, 6.45) is -4.40. The summed E-state index contributed by atoms with van der Waals surface area (Å²) >= 11 is 1.54. The predicted molar refractivity (Wildman–Crippen MR) is 107 cm³/mol. The lowest BCUT2D eigenvalue weighted by Crippen LogP contribution is -2.07. The van der Waals surface area contributed by atoms with E-state index in [9.17, 15) is 13.2 Å². The van der Waals surface area contributed by atoms with Gasteiger partial charge in [0.25, 0.3) is 0 Å². The van der Waals surface area contributed by atoms with Crippen molar-refractivity contribution in [2.24, 2.45) is 10.3 Å². The highest BCUT2D eigenvalue weighted by Gasteiger charge is 2.30. The van der Waals surface area contributed by atoms with Gasteiger partial charge in [0, 0.05) is 11.1 Å². The Morgan fingerprint density at radius 2 is 1.82 bits per heavy atom. The van der Waals surface area contributed by atoms with Crippen LogP contribution in [0.25, 0.3) is 0 Å². The molecule has 0 saturated heterocycles. The maximum Gasteiger partial charge on any atom is 0.416 e. The zero-order valence-electron chi connectivity index (χ0n) is 15.8. The molecule has 0 aliphatic carbocycles. The molecule has 28 heavy (non-hydrogen) atoms. The maximum absolute atomic E-state index is 12.9. The zero-order chi connectivity index (χ0) is 20.6. The number of benzene rings is 2. The molecule has 0 aliphatic heterocycles. The van der Waals surface area contributed by atoms with Crippen molar-refractivity contribution in [1.29, 1.82) is 0 Å². The van der Waals surface area contributed by atoms with E-state index in [1.807, 2.05) is 31.2 Å². The third kappa shape index (κ3) is 6.02. The van der Waals surface area contributed by atoms with Crippen molar-refractivity contribution in [1.82, 2.24) is 0 Å². The molecule has 0 aromatic heterocycles. The molecule has 150 valence electrons. The molecule has 0 atom stereocenters. The first-order valence-electron chi connectivity index (χ1n) is 8.53. The fraction of sp³-hybridized carbons (Fsp3) is 0.300. The summed E-state index contributed by atoms with van der Waals surface area (Å²) in [6, 6.07) is 12.5. The van der Waals surface area contributed by atoms with Crippen LogP contribution in [0, 0.1) is 0 Å². The van der Waals surface area contributed by atoms with Gasteiger partial charge >= 0.3 is 6.18 Å². The van der Waals surface area contributed by atoms with Crippen molar-refractivity contribution < 1.29 is 22.8 Å². The highest BCUT2D eigenvalue weighted by molar-refractivity contribution is 8.14. The van der Waals surface area contributed by atoms with Crippen LogP contribution < -0.4 is 0 Å². The Hall–Kier alpha value is -2.48. The molecule has 0 aliphatic rings. The van der Waals surface area contributed by atoms with Crippen molar-refractivity contribution in [2.45, 2.75) is 26.6 Å². The van der Waals surface area contributed by atoms with Gasteiger partial charge < -0.3 is 9.68 Å². The van der Waals surface area contributed by atoms with Crippen LogP contribution in [-0.2, 0) is 22.5 Å². The lowest BCUT2D eigenvalue weighted by molar-refractivity contribution is -0.137. The van der Waals surface area contributed by atoms with Crippen LogP contribution in [0.15, 0.2) is 58.8 Å². The number of rotatable bonds is 7. The van der Waals surface area contributed by atoms with E-state index in [1.165, 1.54) is 24.9 Å². The van der Waals surface area contributed by atoms with Crippen molar-refractivity contribution in [2.75, 3.05) is 12.9 Å². The van der Waals surface area contributed by atoms with Crippen molar-refractivity contribution >= 4 is 22.5 Å². The Morgan fingerprint density at radius 3 is 2.50 bits per heavy atom. The Balaban J connectivity index is 2.16. The molecular weight excluding hydrogens is 389 g/mol. The number of oxime groups is 2. The number of alkyl halides is 3. The Morgan fingerprint density at radius 1 is 1.07 bits per heavy atom. The standard InChI is InChI=1S/C20H21F3N2O2S/c1-4-28-19(25-26-3)18-11-6-5-8-16(18)13-27-24-14(2)15-9-7-10-17(12-15)20(21,22)23/h5-12H,4,13H2,1-3H3/b24-14+,25-19+. The van der Waals surface area contributed by atoms with E-state index in [0.29, 0.717) is 11.3 Å². The first-order valence-corrected chi connectivity index (χ1v) is 9.51. The van der Waals surface area contributed by atoms with Crippen LogP contribution >= 0.6 is 11.8 Å². The van der Waals surface area contributed by atoms with Crippen LogP contribution in [0.5, 0.6) is 0 Å². The summed E-state index contributed by atoms with van der Waals surface area (Å²) in [4.78, 5) is 10.3. The minimum atomic E-state index is -4.40. The normalized spacial score (nSPS) is 12.8. The van der Waals surface area contributed by atoms with E-state index >= 15 is 0 Å². The van der Waals surface area contributed by atoms with E-state index in [0.717, 1.165) is 34.1 Å². The molecule has 0 radical (unpaired) electrons. The van der Waals surface area contributed by atoms with Gasteiger partial charge in [0.1, 0.15) is 18.8 Å². The summed E-state index contributed by atoms with van der Waals surface area (Å²) in [6.45, 7) is 3.77. The SMILES string of the molecule is CCS/C(=N/OC)c1ccccc1CO/N=C(\C)c1cccc(C(F)(F)F)c1. The van der Waals surface area contributed by atoms with Crippen LogP contribution in [0.1, 0.15) is 36.1 Å². The summed E-state index contributed by atoms with van der Waals surface area (Å²) < 4.78 is 38.6. The molecule has 0 spiro atoms. The molecule has 0 heterocycles. The van der Waals surface area contributed by atoms with Gasteiger partial charge in [-0.15, -0.1) is 11.8 Å². The summed E-state index contributed by atoms with van der Waals surface area (Å²) in [5, 5.41) is 8.75. The second-order valence-corrected chi connectivity index (χ2v) is 6.95. The number of hydrogen-bond acceptors (Lipinski definition) is 5. The largest absolute Gasteiger partial charge is 0.416 e. The van der Waals surface area contributed by atoms with E-state index in [2.05, 4.69) is 10.3 Å². The molecule has 0 saturated carbocycles. The van der Waals surface area contributed by atoms with Gasteiger partial charge in [-0.1, -0.05) is 53.6 Å². The van der Waals surface area contributed by atoms with Gasteiger partial charge in [0.2, 0.25) is 0 Å². The van der Waals surface area contributed by atoms with Gasteiger partial charge in [-0.2, -0.15) is 13.2 Å². The average molecular weight is 410 g/mol. The Kier molecular flexibility index (Phi) is 7.92. The van der Waals surface area contributed by atoms with E-state index in [-0.39, 0.29) is 6.61 Å². The topological polar surface area (TPSA) is 43.2 Å². The van der Waals surface area contributed by atoms with Crippen molar-refractivity contribution in [3.05, 3.63) is 70.8 Å². The molecule has 0 bridgehead atoms. The number of thioether (sulfide) groups is 1. The summed E-state index contributed by atoms with van der Waals surface area (Å²) in [5.74, 6) is 0.824. The summed E-state index contributed by atoms with van der Waals surface area (Å²) in [7, 11) is 1.48. The monoisotopic (exact) mass is 410 g/mol. The van der Waals surface area contributed by atoms with Crippen LogP contribution in [0.4, 0.5) is 13.2 Å². The third-order valence-corrected chi connectivity index (χ3v) is 4.59. The fourth-order valence-corrected chi connectivity index (χ4v) is 3.15. The molecule has 8 heteroatoms. The smallest absolute Gasteiger partial charge is 0.398 e. The van der Waals surface area contributed by atoms with Crippen molar-refractivity contribution in [3.8, 4) is 0 Å². The lowest BCUT2D eigenvalue weighted by atomic mass is 10.1. The highest BCUT2D eigenvalue weighted by Crippen LogP contribution is 2.29. The maximum atomic E-state index is 12.9. The van der Waals surface area contributed by atoms with E-state index < -0.39 is 11.7 Å². The minimum Gasteiger partial charge on any atom is -0.398 e. The van der Waals surface area contributed by atoms with Gasteiger partial charge in [-0.05, 0) is 30.4 Å². The van der Waals surface area contributed by atoms with Crippen LogP contribution in [-0.4, -0.2) is 23.6 Å². The van der Waals surface area contributed by atoms with Gasteiger partial charge in [-0.25, -0.2) is 0 Å². The molecule has 2 aromatic rings. The number of hydrogen-bond donors (Lipinski definition) is 0. The zero-order valence-corrected chi connectivity index (χ0v) is 16.6. The lowest BCUT2D eigenvalue weighted by Gasteiger charge is -2.11. The van der Waals surface area contributed by atoms with Crippen LogP contribution in [0.3, 0.4) is 0 Å². The highest BCUT2D eigenvalue weighted by atomic mass is 32.2.